The zero-order valence-electron chi connectivity index (χ0n) is 75.0. The van der Waals surface area contributed by atoms with Gasteiger partial charge in [-0.1, -0.05) is 392 Å². The lowest BCUT2D eigenvalue weighted by molar-refractivity contribution is 0.477. The molecule has 644 valence electrons. The zero-order chi connectivity index (χ0) is 91.0. The van der Waals surface area contributed by atoms with E-state index in [2.05, 4.69) is 353 Å². The quantitative estimate of drug-likeness (QED) is 0.110. The van der Waals surface area contributed by atoms with Crippen LogP contribution in [-0.4, -0.2) is 34.9 Å². The van der Waals surface area contributed by atoms with Crippen LogP contribution in [0.15, 0.2) is 453 Å². The van der Waals surface area contributed by atoms with E-state index < -0.39 is 0 Å². The van der Waals surface area contributed by atoms with Crippen LogP contribution in [-0.2, 0) is 10.8 Å². The van der Waals surface area contributed by atoms with Gasteiger partial charge in [-0.25, -0.2) is 34.9 Å². The highest BCUT2D eigenvalue weighted by Gasteiger charge is 2.42. The Hall–Kier alpha value is -17.3. The largest absolute Gasteiger partial charge is 0.456 e. The lowest BCUT2D eigenvalue weighted by Crippen LogP contribution is -2.16. The van der Waals surface area contributed by atoms with Crippen molar-refractivity contribution in [3.05, 3.63) is 470 Å². The summed E-state index contributed by atoms with van der Waals surface area (Å²) >= 11 is 1.74. The van der Waals surface area contributed by atoms with Crippen LogP contribution in [0.2, 0.25) is 0 Å². The van der Waals surface area contributed by atoms with Crippen LogP contribution in [0.1, 0.15) is 49.9 Å². The maximum atomic E-state index is 6.83. The second kappa shape index (κ2) is 34.2. The number of anilines is 3. The van der Waals surface area contributed by atoms with Crippen LogP contribution in [0, 0.1) is 0 Å². The van der Waals surface area contributed by atoms with Gasteiger partial charge in [-0.2, -0.15) is 0 Å². The molecule has 0 amide bonds. The molecule has 2 aliphatic carbocycles. The van der Waals surface area contributed by atoms with Crippen molar-refractivity contribution in [1.82, 2.24) is 34.9 Å². The summed E-state index contributed by atoms with van der Waals surface area (Å²) in [6, 6.07) is 155. The summed E-state index contributed by atoms with van der Waals surface area (Å²) in [7, 11) is 0. The highest BCUT2D eigenvalue weighted by atomic mass is 32.1. The maximum Gasteiger partial charge on any atom is 0.164 e. The lowest BCUT2D eigenvalue weighted by atomic mass is 9.80. The summed E-state index contributed by atoms with van der Waals surface area (Å²) in [5.74, 6) is 5.43. The summed E-state index contributed by atoms with van der Waals surface area (Å²) in [6.45, 7) is 9.32. The van der Waals surface area contributed by atoms with E-state index in [1.54, 1.807) is 11.3 Å². The van der Waals surface area contributed by atoms with Crippen LogP contribution in [0.25, 0.3) is 200 Å². The van der Waals surface area contributed by atoms with Gasteiger partial charge in [-0.15, -0.1) is 11.3 Å². The number of fused-ring (bicyclic) bond motifs is 15. The third-order valence-corrected chi connectivity index (χ3v) is 27.7. The molecule has 11 heteroatoms. The molecule has 1 aliphatic heterocycles. The van der Waals surface area contributed by atoms with Crippen LogP contribution < -0.4 is 9.64 Å². The number of para-hydroxylation sites is 2. The normalized spacial score (nSPS) is 12.7. The number of hydrogen-bond donors (Lipinski definition) is 0. The molecule has 0 unspecified atom stereocenters. The Bertz CT molecular complexity index is 8440. The second-order valence-electron chi connectivity index (χ2n) is 35.8. The minimum Gasteiger partial charge on any atom is -0.456 e. The van der Waals surface area contributed by atoms with Crippen LogP contribution in [0.3, 0.4) is 0 Å². The molecule has 5 aromatic heterocycles. The molecule has 0 radical (unpaired) electrons. The molecular weight excluding hydrogens is 1680 g/mol. The van der Waals surface area contributed by atoms with E-state index in [1.807, 2.05) is 127 Å². The van der Waals surface area contributed by atoms with E-state index in [0.717, 1.165) is 129 Å². The number of furan rings is 1. The molecule has 0 N–H and O–H groups in total. The molecule has 6 heterocycles. The van der Waals surface area contributed by atoms with Crippen molar-refractivity contribution in [2.24, 2.45) is 0 Å². The first-order valence-corrected chi connectivity index (χ1v) is 46.9. The van der Waals surface area contributed by atoms with Crippen molar-refractivity contribution < 1.29 is 9.15 Å². The number of pyridine rings is 1. The highest BCUT2D eigenvalue weighted by Crippen LogP contribution is 2.58. The molecule has 18 aromatic carbocycles. The summed E-state index contributed by atoms with van der Waals surface area (Å²) in [6.07, 6.45) is 0. The molecule has 23 aromatic rings. The topological polar surface area (TPSA) is 116 Å². The molecule has 136 heavy (non-hydrogen) atoms. The predicted octanol–water partition coefficient (Wildman–Crippen LogP) is 33.3. The number of hydrogen-bond acceptors (Lipinski definition) is 11. The van der Waals surface area contributed by atoms with E-state index in [-0.39, 0.29) is 10.8 Å². The standard InChI is InChI=1S/C46H33N.C40H27N3OS.C39H26N4O/c1-46(2)42-24-9-8-22-38(42)39-25-26-40-41(44(39)46)29-43(47-45(40)31-14-4-3-5-15-31)35-20-11-18-33(28-35)32-17-10-19-34(27-32)37-23-12-16-30-13-6-7-21-36(30)37;1-40(2)31-17-10-9-16-28(31)34-30(23-29-27-20-19-26(33-18-11-21-45-33)22-32(27)44-36(29)35(34)40)39-42-37(24-12-5-3-6-13-24)41-38(43-39)25-14-7-4-8-15-25;1-4-13-27(14-5-1)30-23-24-34-36(26-30)44-35-22-11-10-21-33(35)43(34)32-20-12-19-31(25-32)39-41-37(28-15-6-2-7-16-28)40-38(42-39)29-17-8-3-9-18-29/h3-29H,1-2H3;3-23H,1-2H3;1-26H. The Morgan fingerprint density at radius 2 is 0.735 bits per heavy atom. The Kier molecular flexibility index (Phi) is 20.6. The fourth-order valence-corrected chi connectivity index (χ4v) is 20.9. The summed E-state index contributed by atoms with van der Waals surface area (Å²) in [5.41, 5.74) is 32.7. The monoisotopic (exact) mass is 1760 g/mol. The van der Waals surface area contributed by atoms with Crippen LogP contribution in [0.5, 0.6) is 11.5 Å². The molecular formula is C125H86N8O2S. The van der Waals surface area contributed by atoms with Gasteiger partial charge in [0, 0.05) is 93.2 Å². The molecule has 0 spiro atoms. The van der Waals surface area contributed by atoms with Crippen molar-refractivity contribution in [2.75, 3.05) is 4.90 Å². The van der Waals surface area contributed by atoms with Gasteiger partial charge in [-0.05, 0) is 173 Å². The number of rotatable bonds is 13. The number of thiophene rings is 1. The van der Waals surface area contributed by atoms with E-state index in [9.17, 15) is 0 Å². The minimum absolute atomic E-state index is 0.123. The van der Waals surface area contributed by atoms with Gasteiger partial charge in [0.05, 0.1) is 22.8 Å². The first kappa shape index (κ1) is 81.9. The average Bonchev–Trinajstić information content (AvgIpc) is 1.54. The average molecular weight is 1760 g/mol. The van der Waals surface area contributed by atoms with Gasteiger partial charge >= 0.3 is 0 Å². The fourth-order valence-electron chi connectivity index (χ4n) is 20.2. The van der Waals surface area contributed by atoms with Gasteiger partial charge in [0.25, 0.3) is 0 Å². The molecule has 0 fully saturated rings. The third kappa shape index (κ3) is 14.8. The minimum atomic E-state index is -0.289. The van der Waals surface area contributed by atoms with E-state index >= 15 is 0 Å². The lowest BCUT2D eigenvalue weighted by Gasteiger charge is -2.33. The molecule has 0 bridgehead atoms. The molecule has 26 rings (SSSR count). The number of aromatic nitrogens is 7. The fraction of sp³-hybridized carbons (Fsp3) is 0.0480. The van der Waals surface area contributed by atoms with Crippen LogP contribution >= 0.6 is 11.3 Å². The van der Waals surface area contributed by atoms with Gasteiger partial charge < -0.3 is 14.1 Å². The molecule has 0 saturated carbocycles. The Morgan fingerprint density at radius 1 is 0.257 bits per heavy atom. The third-order valence-electron chi connectivity index (χ3n) is 26.7. The number of benzene rings is 18. The maximum absolute atomic E-state index is 6.83. The molecule has 0 saturated heterocycles. The first-order chi connectivity index (χ1) is 66.9. The van der Waals surface area contributed by atoms with Crippen molar-refractivity contribution in [2.45, 2.75) is 38.5 Å². The van der Waals surface area contributed by atoms with Gasteiger partial charge in [0.1, 0.15) is 11.2 Å². The van der Waals surface area contributed by atoms with Crippen molar-refractivity contribution in [3.63, 3.8) is 0 Å². The highest BCUT2D eigenvalue weighted by molar-refractivity contribution is 7.13. The second-order valence-corrected chi connectivity index (χ2v) is 36.7. The van der Waals surface area contributed by atoms with Crippen molar-refractivity contribution in [3.8, 4) is 168 Å². The van der Waals surface area contributed by atoms with Gasteiger partial charge in [-0.3, -0.25) is 0 Å². The Labute approximate surface area is 792 Å². The van der Waals surface area contributed by atoms with E-state index in [0.29, 0.717) is 34.9 Å². The molecule has 0 atom stereocenters. The molecule has 10 nitrogen and oxygen atoms in total. The number of ether oxygens (including phenoxy) is 1. The first-order valence-electron chi connectivity index (χ1n) is 46.0. The van der Waals surface area contributed by atoms with Crippen molar-refractivity contribution in [1.29, 1.82) is 0 Å². The van der Waals surface area contributed by atoms with Crippen molar-refractivity contribution >= 4 is 71.9 Å². The zero-order valence-corrected chi connectivity index (χ0v) is 75.8. The van der Waals surface area contributed by atoms with Gasteiger partial charge in [0.2, 0.25) is 0 Å². The van der Waals surface area contributed by atoms with Crippen LogP contribution in [0.4, 0.5) is 17.1 Å². The Balaban J connectivity index is 0.000000112. The molecule has 3 aliphatic rings. The summed E-state index contributed by atoms with van der Waals surface area (Å²) in [4.78, 5) is 38.9. The predicted molar refractivity (Wildman–Crippen MR) is 559 cm³/mol. The summed E-state index contributed by atoms with van der Waals surface area (Å²) in [5, 5.41) is 9.26. The summed E-state index contributed by atoms with van der Waals surface area (Å²) < 4.78 is 13.3. The Morgan fingerprint density at radius 3 is 1.39 bits per heavy atom. The van der Waals surface area contributed by atoms with Gasteiger partial charge in [0.15, 0.2) is 46.4 Å². The smallest absolute Gasteiger partial charge is 0.164 e. The number of nitrogens with zero attached hydrogens (tertiary/aromatic N) is 8. The SMILES string of the molecule is CC1(C)c2ccccc2-c2c(-c3nc(-c4ccccc4)nc(-c4ccccc4)n3)cc3c(oc4cc(-c5cccs5)ccc43)c21.CC1(C)c2ccccc2-c2ccc3c(-c4ccccc4)nc(-c4cccc(-c5cccc(-c6cccc7ccccc67)c5)c4)cc3c21.c1ccc(-c2ccc3c(c2)Oc2ccccc2N3c2cccc(-c3nc(-c4ccccc4)nc(-c4ccccc4)n3)c2)cc1. The van der Waals surface area contributed by atoms with E-state index in [4.69, 9.17) is 44.0 Å². The van der Waals surface area contributed by atoms with E-state index in [1.165, 1.54) is 87.6 Å².